The summed E-state index contributed by atoms with van der Waals surface area (Å²) in [6, 6.07) is 0. The second kappa shape index (κ2) is 8.35. The quantitative estimate of drug-likeness (QED) is 0.324. The number of rotatable bonds is 4. The first-order chi connectivity index (χ1) is 13.4. The topological polar surface area (TPSA) is 124 Å². The summed E-state index contributed by atoms with van der Waals surface area (Å²) in [6.45, 7) is 3.45. The molecule has 0 spiro atoms. The standard InChI is InChI=1S/C21H34O7S.Na/c1-19-8-5-14(22)11-13(19)3-4-15-16(19)6-9-20(2)17(15)7-10-21(20,24)18(23)12-28-29(25,26)27;/h13-17,22,24H,3-12H2,1-2H3,(H,25,26,27);/q;+1/p-1/t13-,14+,15+,16-,17-,19-,20-,21-;/m0./s1. The zero-order valence-electron chi connectivity index (χ0n) is 18.3. The van der Waals surface area contributed by atoms with Gasteiger partial charge in [0.25, 0.3) is 0 Å². The first kappa shape index (κ1) is 25.1. The molecule has 2 N–H and O–H groups in total. The summed E-state index contributed by atoms with van der Waals surface area (Å²) in [6.07, 6.45) is 7.34. The second-order valence-corrected chi connectivity index (χ2v) is 11.6. The van der Waals surface area contributed by atoms with E-state index in [2.05, 4.69) is 11.1 Å². The molecule has 0 aromatic carbocycles. The van der Waals surface area contributed by atoms with E-state index in [1.54, 1.807) is 0 Å². The van der Waals surface area contributed by atoms with Crippen LogP contribution in [0.2, 0.25) is 0 Å². The van der Waals surface area contributed by atoms with Crippen molar-refractivity contribution in [2.75, 3.05) is 6.61 Å². The average molecular weight is 453 g/mol. The Morgan fingerprint density at radius 3 is 2.40 bits per heavy atom. The number of hydrogen-bond acceptors (Lipinski definition) is 7. The van der Waals surface area contributed by atoms with Crippen molar-refractivity contribution in [1.29, 1.82) is 0 Å². The van der Waals surface area contributed by atoms with Crippen LogP contribution in [0.3, 0.4) is 0 Å². The Morgan fingerprint density at radius 2 is 1.73 bits per heavy atom. The molecule has 9 heteroatoms. The molecule has 4 saturated carbocycles. The first-order valence-electron chi connectivity index (χ1n) is 10.9. The third kappa shape index (κ3) is 3.87. The molecular weight excluding hydrogens is 419 g/mol. The predicted molar refractivity (Wildman–Crippen MR) is 103 cm³/mol. The molecule has 0 heterocycles. The SMILES string of the molecule is C[C@]12CC[C@@H](O)C[C@@H]1CC[C@@H]1[C@@H]2CC[C@@]2(C)[C@H]1CC[C@]2(O)C(=O)COS(=O)(=O)[O-].[Na+]. The van der Waals surface area contributed by atoms with Crippen LogP contribution in [-0.4, -0.2) is 47.3 Å². The van der Waals surface area contributed by atoms with Crippen LogP contribution in [0.15, 0.2) is 0 Å². The Bertz CT molecular complexity index is 788. The molecule has 7 nitrogen and oxygen atoms in total. The van der Waals surface area contributed by atoms with E-state index in [0.29, 0.717) is 24.2 Å². The molecule has 0 amide bonds. The van der Waals surface area contributed by atoms with E-state index >= 15 is 0 Å². The maximum absolute atomic E-state index is 12.8. The van der Waals surface area contributed by atoms with Crippen molar-refractivity contribution in [3.8, 4) is 0 Å². The molecule has 0 aromatic heterocycles. The predicted octanol–water partition coefficient (Wildman–Crippen LogP) is -0.829. The number of hydrogen-bond donors (Lipinski definition) is 2. The Labute approximate surface area is 201 Å². The summed E-state index contributed by atoms with van der Waals surface area (Å²) in [5.74, 6) is 0.998. The fourth-order valence-electron chi connectivity index (χ4n) is 7.95. The van der Waals surface area contributed by atoms with E-state index < -0.39 is 33.8 Å². The number of aliphatic hydroxyl groups is 2. The smallest absolute Gasteiger partial charge is 0.726 e. The van der Waals surface area contributed by atoms with Crippen LogP contribution in [0.1, 0.15) is 71.6 Å². The number of fused-ring (bicyclic) bond motifs is 5. The molecule has 4 fully saturated rings. The molecule has 0 saturated heterocycles. The van der Waals surface area contributed by atoms with Gasteiger partial charge in [0.2, 0.25) is 10.4 Å². The van der Waals surface area contributed by atoms with E-state index in [1.165, 1.54) is 0 Å². The van der Waals surface area contributed by atoms with Gasteiger partial charge >= 0.3 is 29.6 Å². The van der Waals surface area contributed by atoms with Crippen molar-refractivity contribution in [3.05, 3.63) is 0 Å². The molecule has 0 unspecified atom stereocenters. The molecule has 0 bridgehead atoms. The molecule has 30 heavy (non-hydrogen) atoms. The minimum absolute atomic E-state index is 0. The van der Waals surface area contributed by atoms with Crippen molar-refractivity contribution in [1.82, 2.24) is 0 Å². The van der Waals surface area contributed by atoms with Gasteiger partial charge in [0.1, 0.15) is 12.2 Å². The Balaban J connectivity index is 0.00000256. The molecular formula is C21H33NaO7S. The molecule has 0 radical (unpaired) electrons. The minimum Gasteiger partial charge on any atom is -0.726 e. The Hall–Kier alpha value is 0.460. The molecule has 166 valence electrons. The monoisotopic (exact) mass is 452 g/mol. The maximum Gasteiger partial charge on any atom is 1.00 e. The number of ketones is 1. The van der Waals surface area contributed by atoms with Gasteiger partial charge in [0, 0.05) is 5.41 Å². The number of carbonyl (C=O) groups excluding carboxylic acids is 1. The van der Waals surface area contributed by atoms with Gasteiger partial charge in [0.05, 0.1) is 6.10 Å². The van der Waals surface area contributed by atoms with Gasteiger partial charge in [-0.3, -0.25) is 8.98 Å². The van der Waals surface area contributed by atoms with Crippen molar-refractivity contribution in [3.63, 3.8) is 0 Å². The van der Waals surface area contributed by atoms with Crippen LogP contribution >= 0.6 is 0 Å². The zero-order chi connectivity index (χ0) is 21.2. The van der Waals surface area contributed by atoms with Crippen molar-refractivity contribution in [2.45, 2.75) is 83.3 Å². The second-order valence-electron chi connectivity index (χ2n) is 10.5. The van der Waals surface area contributed by atoms with Crippen LogP contribution in [0, 0.1) is 34.5 Å². The Kier molecular flexibility index (Phi) is 6.98. The zero-order valence-corrected chi connectivity index (χ0v) is 21.1. The first-order valence-corrected chi connectivity index (χ1v) is 12.3. The normalized spacial score (nSPS) is 48.1. The molecule has 0 aliphatic heterocycles. The van der Waals surface area contributed by atoms with Crippen molar-refractivity contribution < 1.29 is 61.7 Å². The fourth-order valence-corrected chi connectivity index (χ4v) is 8.21. The summed E-state index contributed by atoms with van der Waals surface area (Å²) in [5.41, 5.74) is -2.07. The third-order valence-electron chi connectivity index (χ3n) is 9.59. The van der Waals surface area contributed by atoms with E-state index in [1.807, 2.05) is 6.92 Å². The molecule has 4 rings (SSSR count). The van der Waals surface area contributed by atoms with Crippen LogP contribution in [0.25, 0.3) is 0 Å². The molecule has 4 aliphatic rings. The molecule has 0 aromatic rings. The van der Waals surface area contributed by atoms with Crippen LogP contribution in [-0.2, 0) is 19.4 Å². The van der Waals surface area contributed by atoms with Gasteiger partial charge in [-0.1, -0.05) is 13.8 Å². The number of aliphatic hydroxyl groups excluding tert-OH is 1. The Morgan fingerprint density at radius 1 is 1.07 bits per heavy atom. The van der Waals surface area contributed by atoms with Crippen molar-refractivity contribution >= 4 is 16.2 Å². The van der Waals surface area contributed by atoms with E-state index in [9.17, 15) is 28.0 Å². The largest absolute Gasteiger partial charge is 1.00 e. The number of Topliss-reactive ketones (excluding diaryl/α,β-unsaturated/α-hetero) is 1. The van der Waals surface area contributed by atoms with Gasteiger partial charge < -0.3 is 14.8 Å². The van der Waals surface area contributed by atoms with Gasteiger partial charge in [-0.05, 0) is 86.9 Å². The number of carbonyl (C=O) groups is 1. The fraction of sp³-hybridized carbons (Fsp3) is 0.952. The summed E-state index contributed by atoms with van der Waals surface area (Å²) >= 11 is 0. The summed E-state index contributed by atoms with van der Waals surface area (Å²) in [4.78, 5) is 12.8. The van der Waals surface area contributed by atoms with Gasteiger partial charge in [-0.15, -0.1) is 0 Å². The van der Waals surface area contributed by atoms with Crippen LogP contribution in [0.5, 0.6) is 0 Å². The summed E-state index contributed by atoms with van der Waals surface area (Å²) in [7, 11) is -4.97. The maximum atomic E-state index is 12.8. The van der Waals surface area contributed by atoms with Gasteiger partial charge in [-0.25, -0.2) is 8.42 Å². The summed E-state index contributed by atoms with van der Waals surface area (Å²) in [5, 5.41) is 21.5. The van der Waals surface area contributed by atoms with E-state index in [-0.39, 0.29) is 53.4 Å². The third-order valence-corrected chi connectivity index (χ3v) is 9.99. The van der Waals surface area contributed by atoms with Crippen LogP contribution < -0.4 is 29.6 Å². The summed E-state index contributed by atoms with van der Waals surface area (Å²) < 4.78 is 36.5. The minimum atomic E-state index is -4.97. The van der Waals surface area contributed by atoms with Crippen molar-refractivity contribution in [2.24, 2.45) is 34.5 Å². The van der Waals surface area contributed by atoms with Crippen LogP contribution in [0.4, 0.5) is 0 Å². The van der Waals surface area contributed by atoms with Gasteiger partial charge in [-0.2, -0.15) is 0 Å². The van der Waals surface area contributed by atoms with Gasteiger partial charge in [0.15, 0.2) is 5.78 Å². The van der Waals surface area contributed by atoms with E-state index in [0.717, 1.165) is 44.9 Å². The average Bonchev–Trinajstić information content (AvgIpc) is 2.92. The van der Waals surface area contributed by atoms with E-state index in [4.69, 9.17) is 0 Å². The molecule has 4 aliphatic carbocycles. The molecule has 8 atom stereocenters.